The van der Waals surface area contributed by atoms with Gasteiger partial charge in [0.2, 0.25) is 0 Å². The molecule has 0 heterocycles. The van der Waals surface area contributed by atoms with Gasteiger partial charge in [0.15, 0.2) is 0 Å². The Kier molecular flexibility index (Phi) is 2.21. The number of allylic oxidation sites excluding steroid dienone is 2. The molecule has 2 rings (SSSR count). The molecule has 64 valence electrons. The Morgan fingerprint density at radius 1 is 1.25 bits per heavy atom. The van der Waals surface area contributed by atoms with Crippen LogP contribution in [0.3, 0.4) is 0 Å². The highest BCUT2D eigenvalue weighted by Gasteiger charge is 2.26. The van der Waals surface area contributed by atoms with Crippen LogP contribution in [-0.2, 0) is 0 Å². The Balaban J connectivity index is 1.85. The summed E-state index contributed by atoms with van der Waals surface area (Å²) in [5, 5.41) is 0. The highest BCUT2D eigenvalue weighted by atomic mass is 14.3. The van der Waals surface area contributed by atoms with Crippen LogP contribution in [0.4, 0.5) is 0 Å². The Hall–Kier alpha value is -0.700. The largest absolute Gasteiger partial charge is 0.0993 e. The molecule has 12 heavy (non-hydrogen) atoms. The van der Waals surface area contributed by atoms with Crippen LogP contribution < -0.4 is 0 Å². The molecule has 0 aromatic rings. The summed E-state index contributed by atoms with van der Waals surface area (Å²) in [5.41, 5.74) is 1.56. The fourth-order valence-electron chi connectivity index (χ4n) is 1.93. The molecule has 0 aliphatic heterocycles. The minimum atomic E-state index is 0.649. The number of rotatable bonds is 0. The van der Waals surface area contributed by atoms with Crippen molar-refractivity contribution in [3.8, 4) is 11.8 Å². The molecule has 0 amide bonds. The van der Waals surface area contributed by atoms with Crippen molar-refractivity contribution in [2.24, 2.45) is 11.8 Å². The zero-order valence-corrected chi connectivity index (χ0v) is 7.77. The molecule has 0 bridgehead atoms. The molecule has 2 aliphatic carbocycles. The second-order valence-electron chi connectivity index (χ2n) is 3.89. The molecular weight excluding hydrogens is 144 g/mol. The molecule has 0 aromatic heterocycles. The number of hydrogen-bond donors (Lipinski definition) is 0. The Bertz CT molecular complexity index is 243. The first kappa shape index (κ1) is 7.92. The summed E-state index contributed by atoms with van der Waals surface area (Å²) in [5.74, 6) is 8.19. The maximum absolute atomic E-state index is 3.42. The van der Waals surface area contributed by atoms with Crippen LogP contribution in [0.25, 0.3) is 0 Å². The van der Waals surface area contributed by atoms with E-state index in [1.165, 1.54) is 32.1 Å². The third kappa shape index (κ3) is 1.72. The molecule has 0 nitrogen and oxygen atoms in total. The molecule has 0 heteroatoms. The summed E-state index contributed by atoms with van der Waals surface area (Å²) in [6.45, 7) is 2.12. The van der Waals surface area contributed by atoms with E-state index in [1.807, 2.05) is 0 Å². The summed E-state index contributed by atoms with van der Waals surface area (Å²) in [6.07, 6.45) is 8.97. The Morgan fingerprint density at radius 3 is 2.58 bits per heavy atom. The van der Waals surface area contributed by atoms with E-state index in [0.29, 0.717) is 5.92 Å². The average molecular weight is 160 g/mol. The minimum absolute atomic E-state index is 0.649. The molecule has 2 saturated carbocycles. The Morgan fingerprint density at radius 2 is 2.00 bits per heavy atom. The SMILES string of the molecule is C/C=C1\CC1C#CC1CCCC1. The molecule has 0 saturated heterocycles. The van der Waals surface area contributed by atoms with Gasteiger partial charge in [-0.15, -0.1) is 0 Å². The molecule has 1 atom stereocenters. The van der Waals surface area contributed by atoms with Crippen LogP contribution in [0.1, 0.15) is 39.0 Å². The van der Waals surface area contributed by atoms with Crippen molar-refractivity contribution >= 4 is 0 Å². The lowest BCUT2D eigenvalue weighted by molar-refractivity contribution is 0.710. The van der Waals surface area contributed by atoms with E-state index in [2.05, 4.69) is 24.8 Å². The molecule has 0 spiro atoms. The summed E-state index contributed by atoms with van der Waals surface area (Å²) in [4.78, 5) is 0. The van der Waals surface area contributed by atoms with Gasteiger partial charge in [-0.1, -0.05) is 36.3 Å². The first-order chi connectivity index (χ1) is 5.90. The summed E-state index contributed by atoms with van der Waals surface area (Å²) >= 11 is 0. The van der Waals surface area contributed by atoms with Gasteiger partial charge in [0.25, 0.3) is 0 Å². The smallest absolute Gasteiger partial charge is 0.0450 e. The van der Waals surface area contributed by atoms with Crippen LogP contribution in [0.15, 0.2) is 11.6 Å². The molecule has 0 radical (unpaired) electrons. The van der Waals surface area contributed by atoms with Gasteiger partial charge >= 0.3 is 0 Å². The van der Waals surface area contributed by atoms with Crippen LogP contribution in [0, 0.1) is 23.7 Å². The van der Waals surface area contributed by atoms with Crippen molar-refractivity contribution in [2.75, 3.05) is 0 Å². The van der Waals surface area contributed by atoms with Crippen LogP contribution in [0.2, 0.25) is 0 Å². The summed E-state index contributed by atoms with van der Waals surface area (Å²) in [7, 11) is 0. The molecule has 0 aromatic carbocycles. The van der Waals surface area contributed by atoms with Crippen LogP contribution >= 0.6 is 0 Å². The second kappa shape index (κ2) is 3.35. The van der Waals surface area contributed by atoms with Gasteiger partial charge < -0.3 is 0 Å². The van der Waals surface area contributed by atoms with E-state index in [-0.39, 0.29) is 0 Å². The predicted molar refractivity (Wildman–Crippen MR) is 51.6 cm³/mol. The van der Waals surface area contributed by atoms with Crippen molar-refractivity contribution in [3.05, 3.63) is 11.6 Å². The average Bonchev–Trinajstić information content (AvgIpc) is 2.67. The van der Waals surface area contributed by atoms with Crippen LogP contribution in [-0.4, -0.2) is 0 Å². The standard InChI is InChI=1S/C12H16/c1-2-11-9-12(11)8-7-10-5-3-4-6-10/h2,10,12H,3-6,9H2,1H3/b11-2+. The monoisotopic (exact) mass is 160 g/mol. The van der Waals surface area contributed by atoms with Gasteiger partial charge in [-0.2, -0.15) is 0 Å². The van der Waals surface area contributed by atoms with E-state index in [4.69, 9.17) is 0 Å². The zero-order chi connectivity index (χ0) is 8.39. The maximum atomic E-state index is 3.42. The normalized spacial score (nSPS) is 31.8. The van der Waals surface area contributed by atoms with Gasteiger partial charge in [-0.3, -0.25) is 0 Å². The van der Waals surface area contributed by atoms with Gasteiger partial charge in [0.1, 0.15) is 0 Å². The zero-order valence-electron chi connectivity index (χ0n) is 7.77. The maximum Gasteiger partial charge on any atom is 0.0450 e. The lowest BCUT2D eigenvalue weighted by Crippen LogP contribution is -1.86. The summed E-state index contributed by atoms with van der Waals surface area (Å²) < 4.78 is 0. The third-order valence-corrected chi connectivity index (χ3v) is 2.91. The van der Waals surface area contributed by atoms with E-state index < -0.39 is 0 Å². The van der Waals surface area contributed by atoms with Crippen LogP contribution in [0.5, 0.6) is 0 Å². The van der Waals surface area contributed by atoms with E-state index in [0.717, 1.165) is 5.92 Å². The highest BCUT2D eigenvalue weighted by molar-refractivity contribution is 5.34. The van der Waals surface area contributed by atoms with Gasteiger partial charge in [-0.25, -0.2) is 0 Å². The number of hydrogen-bond acceptors (Lipinski definition) is 0. The first-order valence-corrected chi connectivity index (χ1v) is 5.06. The topological polar surface area (TPSA) is 0 Å². The highest BCUT2D eigenvalue weighted by Crippen LogP contribution is 2.36. The van der Waals surface area contributed by atoms with E-state index in [1.54, 1.807) is 5.57 Å². The van der Waals surface area contributed by atoms with Crippen molar-refractivity contribution in [1.82, 2.24) is 0 Å². The van der Waals surface area contributed by atoms with Gasteiger partial charge in [0, 0.05) is 11.8 Å². The van der Waals surface area contributed by atoms with Crippen molar-refractivity contribution in [3.63, 3.8) is 0 Å². The molecule has 1 unspecified atom stereocenters. The molecule has 2 aliphatic rings. The lowest BCUT2D eigenvalue weighted by Gasteiger charge is -1.93. The van der Waals surface area contributed by atoms with Crippen molar-refractivity contribution < 1.29 is 0 Å². The molecule has 0 N–H and O–H groups in total. The molecule has 2 fully saturated rings. The minimum Gasteiger partial charge on any atom is -0.0993 e. The van der Waals surface area contributed by atoms with Gasteiger partial charge in [-0.05, 0) is 26.2 Å². The van der Waals surface area contributed by atoms with Crippen molar-refractivity contribution in [2.45, 2.75) is 39.0 Å². The van der Waals surface area contributed by atoms with Gasteiger partial charge in [0.05, 0.1) is 0 Å². The summed E-state index contributed by atoms with van der Waals surface area (Å²) in [6, 6.07) is 0. The lowest BCUT2D eigenvalue weighted by atomic mass is 10.1. The fraction of sp³-hybridized carbons (Fsp3) is 0.667. The second-order valence-corrected chi connectivity index (χ2v) is 3.89. The molecular formula is C12H16. The Labute approximate surface area is 75.1 Å². The van der Waals surface area contributed by atoms with E-state index >= 15 is 0 Å². The quantitative estimate of drug-likeness (QED) is 0.377. The third-order valence-electron chi connectivity index (χ3n) is 2.91. The fourth-order valence-corrected chi connectivity index (χ4v) is 1.93. The van der Waals surface area contributed by atoms with E-state index in [9.17, 15) is 0 Å². The predicted octanol–water partition coefficient (Wildman–Crippen LogP) is 3.15. The van der Waals surface area contributed by atoms with Crippen molar-refractivity contribution in [1.29, 1.82) is 0 Å². The first-order valence-electron chi connectivity index (χ1n) is 5.06.